The van der Waals surface area contributed by atoms with Gasteiger partial charge in [-0.2, -0.15) is 0 Å². The summed E-state index contributed by atoms with van der Waals surface area (Å²) in [6, 6.07) is 0. The SMILES string of the molecule is [Rb+].[c-]1n[nH]c(C2CCCCC2)n1. The molecule has 0 aromatic carbocycles. The van der Waals surface area contributed by atoms with E-state index in [1.54, 1.807) is 0 Å². The zero-order valence-electron chi connectivity index (χ0n) is 7.51. The van der Waals surface area contributed by atoms with E-state index in [4.69, 9.17) is 0 Å². The fourth-order valence-electron chi connectivity index (χ4n) is 1.74. The molecular formula is C8H12N3Rb. The summed E-state index contributed by atoms with van der Waals surface area (Å²) in [5.41, 5.74) is 0. The summed E-state index contributed by atoms with van der Waals surface area (Å²) < 4.78 is 0. The normalized spacial score (nSPS) is 18.7. The van der Waals surface area contributed by atoms with Gasteiger partial charge in [0, 0.05) is 0 Å². The van der Waals surface area contributed by atoms with Crippen LogP contribution in [0.4, 0.5) is 0 Å². The first-order chi connectivity index (χ1) is 5.47. The molecule has 2 rings (SSSR count). The summed E-state index contributed by atoms with van der Waals surface area (Å²) in [6.07, 6.45) is 9.17. The van der Waals surface area contributed by atoms with Crippen LogP contribution in [-0.4, -0.2) is 15.2 Å². The first-order valence-electron chi connectivity index (χ1n) is 4.25. The van der Waals surface area contributed by atoms with Crippen molar-refractivity contribution in [2.75, 3.05) is 0 Å². The van der Waals surface area contributed by atoms with Crippen LogP contribution in [0.2, 0.25) is 0 Å². The molecule has 1 aliphatic rings. The van der Waals surface area contributed by atoms with Gasteiger partial charge >= 0.3 is 58.2 Å². The molecule has 0 amide bonds. The molecule has 0 aliphatic heterocycles. The maximum absolute atomic E-state index is 4.05. The van der Waals surface area contributed by atoms with Crippen LogP contribution >= 0.6 is 0 Å². The third kappa shape index (κ3) is 2.72. The Morgan fingerprint density at radius 3 is 2.58 bits per heavy atom. The summed E-state index contributed by atoms with van der Waals surface area (Å²) in [5.74, 6) is 1.66. The Kier molecular flexibility index (Phi) is 5.17. The monoisotopic (exact) mass is 235 g/mol. The Hall–Kier alpha value is 0.945. The number of nitrogens with one attached hydrogen (secondary N) is 1. The van der Waals surface area contributed by atoms with Crippen LogP contribution in [-0.2, 0) is 0 Å². The maximum atomic E-state index is 4.05. The predicted molar refractivity (Wildman–Crippen MR) is 41.0 cm³/mol. The van der Waals surface area contributed by atoms with Gasteiger partial charge in [-0.3, -0.25) is 5.10 Å². The molecule has 1 heterocycles. The van der Waals surface area contributed by atoms with Gasteiger partial charge < -0.3 is 10.1 Å². The van der Waals surface area contributed by atoms with E-state index < -0.39 is 0 Å². The molecule has 0 radical (unpaired) electrons. The van der Waals surface area contributed by atoms with E-state index in [2.05, 4.69) is 21.5 Å². The molecule has 0 unspecified atom stereocenters. The first kappa shape index (κ1) is 11.0. The molecular weight excluding hydrogens is 224 g/mol. The van der Waals surface area contributed by atoms with Gasteiger partial charge in [0.1, 0.15) is 0 Å². The van der Waals surface area contributed by atoms with Gasteiger partial charge in [0.25, 0.3) is 0 Å². The zero-order chi connectivity index (χ0) is 7.52. The Morgan fingerprint density at radius 1 is 1.25 bits per heavy atom. The number of H-pyrrole nitrogens is 1. The van der Waals surface area contributed by atoms with Gasteiger partial charge in [-0.1, -0.05) is 38.0 Å². The average molecular weight is 236 g/mol. The van der Waals surface area contributed by atoms with Crippen molar-refractivity contribution >= 4 is 0 Å². The summed E-state index contributed by atoms with van der Waals surface area (Å²) >= 11 is 0. The summed E-state index contributed by atoms with van der Waals surface area (Å²) in [4.78, 5) is 4.05. The van der Waals surface area contributed by atoms with Crippen LogP contribution in [0.25, 0.3) is 0 Å². The van der Waals surface area contributed by atoms with E-state index in [0.717, 1.165) is 5.82 Å². The van der Waals surface area contributed by atoms with Gasteiger partial charge in [0.15, 0.2) is 0 Å². The van der Waals surface area contributed by atoms with Crippen LogP contribution in [0.1, 0.15) is 43.8 Å². The van der Waals surface area contributed by atoms with Crippen molar-refractivity contribution in [2.45, 2.75) is 38.0 Å². The fraction of sp³-hybridized carbons (Fsp3) is 0.750. The number of nitrogens with zero attached hydrogens (tertiary/aromatic N) is 2. The fourth-order valence-corrected chi connectivity index (χ4v) is 1.74. The largest absolute Gasteiger partial charge is 1.00 e. The van der Waals surface area contributed by atoms with E-state index >= 15 is 0 Å². The molecule has 1 saturated carbocycles. The van der Waals surface area contributed by atoms with Gasteiger partial charge in [0.2, 0.25) is 0 Å². The van der Waals surface area contributed by atoms with Gasteiger partial charge in [0.05, 0.1) is 0 Å². The van der Waals surface area contributed by atoms with Crippen LogP contribution < -0.4 is 58.2 Å². The Labute approximate surface area is 122 Å². The third-order valence-corrected chi connectivity index (χ3v) is 2.38. The molecule has 1 fully saturated rings. The molecule has 1 aromatic heterocycles. The van der Waals surface area contributed by atoms with Crippen molar-refractivity contribution in [3.8, 4) is 0 Å². The van der Waals surface area contributed by atoms with E-state index in [-0.39, 0.29) is 58.2 Å². The molecule has 0 atom stereocenters. The number of hydrogen-bond donors (Lipinski definition) is 1. The summed E-state index contributed by atoms with van der Waals surface area (Å²) in [7, 11) is 0. The molecule has 4 heteroatoms. The molecule has 0 bridgehead atoms. The van der Waals surface area contributed by atoms with E-state index in [0.29, 0.717) is 5.92 Å². The van der Waals surface area contributed by atoms with Crippen molar-refractivity contribution < 1.29 is 58.2 Å². The minimum atomic E-state index is 0. The average Bonchev–Trinajstić information content (AvgIpc) is 2.58. The Bertz CT molecular complexity index is 204. The zero-order valence-corrected chi connectivity index (χ0v) is 12.4. The second-order valence-corrected chi connectivity index (χ2v) is 3.16. The molecule has 12 heavy (non-hydrogen) atoms. The smallest absolute Gasteiger partial charge is 0.418 e. The molecule has 60 valence electrons. The number of hydrogen-bond acceptors (Lipinski definition) is 2. The summed E-state index contributed by atoms with van der Waals surface area (Å²) in [6.45, 7) is 0. The van der Waals surface area contributed by atoms with Crippen molar-refractivity contribution in [1.82, 2.24) is 15.2 Å². The predicted octanol–water partition coefficient (Wildman–Crippen LogP) is -1.34. The quantitative estimate of drug-likeness (QED) is 0.612. The van der Waals surface area contributed by atoms with Crippen LogP contribution in [0.15, 0.2) is 0 Å². The molecule has 3 nitrogen and oxygen atoms in total. The van der Waals surface area contributed by atoms with Crippen molar-refractivity contribution in [2.24, 2.45) is 0 Å². The van der Waals surface area contributed by atoms with Gasteiger partial charge in [-0.25, -0.2) is 0 Å². The van der Waals surface area contributed by atoms with Crippen LogP contribution in [0, 0.1) is 6.33 Å². The van der Waals surface area contributed by atoms with Gasteiger partial charge in [-0.15, -0.1) is 0 Å². The van der Waals surface area contributed by atoms with Crippen molar-refractivity contribution in [3.05, 3.63) is 12.2 Å². The number of rotatable bonds is 1. The van der Waals surface area contributed by atoms with E-state index in [1.807, 2.05) is 0 Å². The topological polar surface area (TPSA) is 41.6 Å². The van der Waals surface area contributed by atoms with E-state index in [1.165, 1.54) is 32.1 Å². The number of aromatic nitrogens is 3. The van der Waals surface area contributed by atoms with Gasteiger partial charge in [-0.05, 0) is 12.2 Å². The molecule has 1 aliphatic carbocycles. The minimum absolute atomic E-state index is 0. The minimum Gasteiger partial charge on any atom is -0.418 e. The molecule has 0 saturated heterocycles. The van der Waals surface area contributed by atoms with E-state index in [9.17, 15) is 0 Å². The first-order valence-corrected chi connectivity index (χ1v) is 4.25. The Morgan fingerprint density at radius 2 is 2.00 bits per heavy atom. The second-order valence-electron chi connectivity index (χ2n) is 3.16. The standard InChI is InChI=1S/C8H12N3.Rb/c1-2-4-7(5-3-1)8-9-6-10-11-8;/h7H,1-5H2,(H,9,10,11);/q-1;+1. The van der Waals surface area contributed by atoms with Crippen molar-refractivity contribution in [1.29, 1.82) is 0 Å². The Balaban J connectivity index is 0.000000720. The maximum Gasteiger partial charge on any atom is 1.00 e. The second kappa shape index (κ2) is 5.63. The number of aromatic amines is 1. The van der Waals surface area contributed by atoms with Crippen molar-refractivity contribution in [3.63, 3.8) is 0 Å². The molecule has 1 N–H and O–H groups in total. The van der Waals surface area contributed by atoms with Crippen LogP contribution in [0.5, 0.6) is 0 Å². The molecule has 1 aromatic rings. The van der Waals surface area contributed by atoms with Crippen LogP contribution in [0.3, 0.4) is 0 Å². The third-order valence-electron chi connectivity index (χ3n) is 2.38. The summed E-state index contributed by atoms with van der Waals surface area (Å²) in [5, 5.41) is 6.63. The molecule has 0 spiro atoms.